The molecule has 0 spiro atoms. The largest absolute Gasteiger partial charge is 0.311 e. The number of rotatable bonds is 5. The Hall–Kier alpha value is -0.0800. The minimum Gasteiger partial charge on any atom is -0.311 e. The smallest absolute Gasteiger partial charge is 0.0269 e. The third-order valence-corrected chi connectivity index (χ3v) is 4.90. The maximum atomic E-state index is 3.77. The number of piperazine rings is 1. The van der Waals surface area contributed by atoms with Crippen molar-refractivity contribution in [3.05, 3.63) is 0 Å². The van der Waals surface area contributed by atoms with Crippen molar-refractivity contribution in [2.24, 2.45) is 17.3 Å². The molecule has 19 heavy (non-hydrogen) atoms. The summed E-state index contributed by atoms with van der Waals surface area (Å²) in [5, 5.41) is 3.77. The Bertz CT molecular complexity index is 248. The van der Waals surface area contributed by atoms with Crippen molar-refractivity contribution in [1.82, 2.24) is 10.2 Å². The van der Waals surface area contributed by atoms with Crippen LogP contribution < -0.4 is 5.32 Å². The fourth-order valence-electron chi connectivity index (χ4n) is 3.22. The molecule has 1 rings (SSSR count). The van der Waals surface area contributed by atoms with Crippen molar-refractivity contribution in [3.63, 3.8) is 0 Å². The van der Waals surface area contributed by atoms with Crippen LogP contribution in [0.1, 0.15) is 61.3 Å². The SMILES string of the molecule is CCC(CC)CN1CC(C(C)C)NCC1C(C)(C)C. The number of nitrogens with one attached hydrogen (secondary N) is 1. The standard InChI is InChI=1S/C17H36N2/c1-8-14(9-2)11-19-12-15(13(3)4)18-10-16(19)17(5,6)7/h13-16,18H,8-12H2,1-7H3. The summed E-state index contributed by atoms with van der Waals surface area (Å²) in [6.45, 7) is 20.1. The topological polar surface area (TPSA) is 15.3 Å². The van der Waals surface area contributed by atoms with Gasteiger partial charge in [-0.3, -0.25) is 4.90 Å². The zero-order valence-corrected chi connectivity index (χ0v) is 14.3. The van der Waals surface area contributed by atoms with Crippen LogP contribution in [0.5, 0.6) is 0 Å². The van der Waals surface area contributed by atoms with Crippen molar-refractivity contribution in [1.29, 1.82) is 0 Å². The van der Waals surface area contributed by atoms with E-state index in [9.17, 15) is 0 Å². The van der Waals surface area contributed by atoms with Gasteiger partial charge in [0.15, 0.2) is 0 Å². The van der Waals surface area contributed by atoms with Crippen LogP contribution in [0.2, 0.25) is 0 Å². The van der Waals surface area contributed by atoms with E-state index < -0.39 is 0 Å². The highest BCUT2D eigenvalue weighted by Crippen LogP contribution is 2.29. The Morgan fingerprint density at radius 1 is 1.16 bits per heavy atom. The fourth-order valence-corrected chi connectivity index (χ4v) is 3.22. The number of hydrogen-bond donors (Lipinski definition) is 1. The molecule has 0 saturated carbocycles. The Morgan fingerprint density at radius 3 is 2.16 bits per heavy atom. The van der Waals surface area contributed by atoms with Gasteiger partial charge in [0.05, 0.1) is 0 Å². The minimum atomic E-state index is 0.362. The van der Waals surface area contributed by atoms with E-state index in [1.54, 1.807) is 0 Å². The molecule has 0 aromatic carbocycles. The van der Waals surface area contributed by atoms with E-state index >= 15 is 0 Å². The van der Waals surface area contributed by atoms with Crippen LogP contribution in [0.3, 0.4) is 0 Å². The molecule has 0 amide bonds. The summed E-state index contributed by atoms with van der Waals surface area (Å²) in [7, 11) is 0. The van der Waals surface area contributed by atoms with E-state index in [1.807, 2.05) is 0 Å². The lowest BCUT2D eigenvalue weighted by Gasteiger charge is -2.48. The summed E-state index contributed by atoms with van der Waals surface area (Å²) in [5.74, 6) is 1.58. The van der Waals surface area contributed by atoms with Gasteiger partial charge in [-0.15, -0.1) is 0 Å². The molecule has 1 saturated heterocycles. The Kier molecular flexibility index (Phi) is 6.32. The molecule has 2 nitrogen and oxygen atoms in total. The van der Waals surface area contributed by atoms with E-state index in [0.717, 1.165) is 18.4 Å². The number of hydrogen-bond acceptors (Lipinski definition) is 2. The summed E-state index contributed by atoms with van der Waals surface area (Å²) in [4.78, 5) is 2.78. The van der Waals surface area contributed by atoms with E-state index in [2.05, 4.69) is 58.7 Å². The molecule has 1 aliphatic rings. The molecule has 0 bridgehead atoms. The zero-order valence-electron chi connectivity index (χ0n) is 14.3. The molecule has 1 N–H and O–H groups in total. The van der Waals surface area contributed by atoms with Gasteiger partial charge in [-0.1, -0.05) is 61.3 Å². The quantitative estimate of drug-likeness (QED) is 0.816. The highest BCUT2D eigenvalue weighted by Gasteiger charge is 2.36. The van der Waals surface area contributed by atoms with Gasteiger partial charge in [-0.05, 0) is 17.3 Å². The molecule has 2 heteroatoms. The summed E-state index contributed by atoms with van der Waals surface area (Å²) in [6, 6.07) is 1.33. The van der Waals surface area contributed by atoms with Crippen LogP contribution in [0.25, 0.3) is 0 Å². The molecule has 1 fully saturated rings. The summed E-state index contributed by atoms with van der Waals surface area (Å²) in [5.41, 5.74) is 0.362. The van der Waals surface area contributed by atoms with Crippen LogP contribution in [-0.4, -0.2) is 36.6 Å². The van der Waals surface area contributed by atoms with Crippen molar-refractivity contribution in [3.8, 4) is 0 Å². The van der Waals surface area contributed by atoms with Crippen LogP contribution in [-0.2, 0) is 0 Å². The van der Waals surface area contributed by atoms with Crippen LogP contribution in [0, 0.1) is 17.3 Å². The molecule has 1 heterocycles. The van der Waals surface area contributed by atoms with Crippen molar-refractivity contribution < 1.29 is 0 Å². The van der Waals surface area contributed by atoms with Crippen LogP contribution in [0.4, 0.5) is 0 Å². The highest BCUT2D eigenvalue weighted by molar-refractivity contribution is 4.93. The van der Waals surface area contributed by atoms with Gasteiger partial charge in [0.1, 0.15) is 0 Å². The van der Waals surface area contributed by atoms with E-state index in [-0.39, 0.29) is 0 Å². The first-order valence-corrected chi connectivity index (χ1v) is 8.27. The van der Waals surface area contributed by atoms with E-state index in [1.165, 1.54) is 25.9 Å². The summed E-state index contributed by atoms with van der Waals surface area (Å²) in [6.07, 6.45) is 2.62. The predicted octanol–water partition coefficient (Wildman–Crippen LogP) is 3.77. The second-order valence-corrected chi connectivity index (χ2v) is 7.78. The predicted molar refractivity (Wildman–Crippen MR) is 85.5 cm³/mol. The van der Waals surface area contributed by atoms with Crippen LogP contribution in [0.15, 0.2) is 0 Å². The molecule has 2 unspecified atom stereocenters. The lowest BCUT2D eigenvalue weighted by atomic mass is 9.82. The number of nitrogens with zero attached hydrogens (tertiary/aromatic N) is 1. The second-order valence-electron chi connectivity index (χ2n) is 7.78. The van der Waals surface area contributed by atoms with Gasteiger partial charge >= 0.3 is 0 Å². The molecule has 0 aliphatic carbocycles. The van der Waals surface area contributed by atoms with E-state index in [0.29, 0.717) is 17.5 Å². The molecule has 114 valence electrons. The normalized spacial score (nSPS) is 26.4. The Labute approximate surface area is 121 Å². The molecule has 0 aromatic rings. The van der Waals surface area contributed by atoms with Crippen molar-refractivity contribution in [2.45, 2.75) is 73.4 Å². The maximum Gasteiger partial charge on any atom is 0.0269 e. The molecule has 1 aliphatic heterocycles. The Balaban J connectivity index is 2.76. The van der Waals surface area contributed by atoms with Crippen molar-refractivity contribution in [2.75, 3.05) is 19.6 Å². The molecule has 0 aromatic heterocycles. The van der Waals surface area contributed by atoms with E-state index in [4.69, 9.17) is 0 Å². The van der Waals surface area contributed by atoms with Gasteiger partial charge in [0.2, 0.25) is 0 Å². The van der Waals surface area contributed by atoms with Gasteiger partial charge in [-0.2, -0.15) is 0 Å². The third-order valence-electron chi connectivity index (χ3n) is 4.90. The van der Waals surface area contributed by atoms with Gasteiger partial charge in [-0.25, -0.2) is 0 Å². The monoisotopic (exact) mass is 268 g/mol. The van der Waals surface area contributed by atoms with Gasteiger partial charge in [0.25, 0.3) is 0 Å². The van der Waals surface area contributed by atoms with Crippen LogP contribution >= 0.6 is 0 Å². The molecular weight excluding hydrogens is 232 g/mol. The molecule has 0 radical (unpaired) electrons. The Morgan fingerprint density at radius 2 is 1.74 bits per heavy atom. The molecular formula is C17H36N2. The second kappa shape index (κ2) is 7.08. The van der Waals surface area contributed by atoms with Gasteiger partial charge < -0.3 is 5.32 Å². The fraction of sp³-hybridized carbons (Fsp3) is 1.00. The lowest BCUT2D eigenvalue weighted by molar-refractivity contribution is 0.0331. The summed E-state index contributed by atoms with van der Waals surface area (Å²) < 4.78 is 0. The first kappa shape index (κ1) is 17.0. The lowest BCUT2D eigenvalue weighted by Crippen LogP contribution is -2.62. The summed E-state index contributed by atoms with van der Waals surface area (Å²) >= 11 is 0. The first-order valence-electron chi connectivity index (χ1n) is 8.27. The average Bonchev–Trinajstić information content (AvgIpc) is 2.34. The zero-order chi connectivity index (χ0) is 14.6. The third kappa shape index (κ3) is 4.75. The molecule has 2 atom stereocenters. The first-order chi connectivity index (χ1) is 8.79. The maximum absolute atomic E-state index is 3.77. The van der Waals surface area contributed by atoms with Gasteiger partial charge in [0, 0.05) is 31.7 Å². The minimum absolute atomic E-state index is 0.362. The highest BCUT2D eigenvalue weighted by atomic mass is 15.2. The average molecular weight is 268 g/mol. The van der Waals surface area contributed by atoms with Crippen molar-refractivity contribution >= 4 is 0 Å².